The third kappa shape index (κ3) is 2.00. The molecule has 0 aromatic carbocycles. The summed E-state index contributed by atoms with van der Waals surface area (Å²) in [5.41, 5.74) is 5.58. The summed E-state index contributed by atoms with van der Waals surface area (Å²) in [7, 11) is 1.63. The van der Waals surface area contributed by atoms with Crippen molar-refractivity contribution in [1.82, 2.24) is 14.5 Å². The molecular formula is C11H16N5O5+. The maximum atomic E-state index is 11.9. The Balaban J connectivity index is 2.16. The third-order valence-electron chi connectivity index (χ3n) is 3.58. The van der Waals surface area contributed by atoms with Crippen LogP contribution in [0.2, 0.25) is 0 Å². The highest BCUT2D eigenvalue weighted by Gasteiger charge is 2.46. The fourth-order valence-electron chi connectivity index (χ4n) is 2.57. The van der Waals surface area contributed by atoms with Crippen molar-refractivity contribution in [1.29, 1.82) is 0 Å². The fraction of sp³-hybridized carbons (Fsp3) is 0.545. The van der Waals surface area contributed by atoms with Gasteiger partial charge in [0.15, 0.2) is 6.33 Å². The minimum Gasteiger partial charge on any atom is -0.394 e. The average Bonchev–Trinajstić information content (AvgIpc) is 2.89. The largest absolute Gasteiger partial charge is 0.394 e. The van der Waals surface area contributed by atoms with Crippen LogP contribution in [0.25, 0.3) is 11.2 Å². The Labute approximate surface area is 118 Å². The van der Waals surface area contributed by atoms with Crippen molar-refractivity contribution in [2.75, 3.05) is 12.3 Å². The Morgan fingerprint density at radius 2 is 2.24 bits per heavy atom. The molecule has 0 amide bonds. The number of H-pyrrole nitrogens is 1. The van der Waals surface area contributed by atoms with Gasteiger partial charge in [0.25, 0.3) is 11.5 Å². The minimum atomic E-state index is -1.26. The van der Waals surface area contributed by atoms with Crippen LogP contribution in [-0.4, -0.2) is 54.8 Å². The van der Waals surface area contributed by atoms with Crippen LogP contribution in [0.5, 0.6) is 0 Å². The first-order valence-corrected chi connectivity index (χ1v) is 6.32. The lowest BCUT2D eigenvalue weighted by atomic mass is 10.1. The van der Waals surface area contributed by atoms with E-state index < -0.39 is 36.7 Å². The molecule has 4 atom stereocenters. The van der Waals surface area contributed by atoms with Crippen LogP contribution < -0.4 is 15.9 Å². The highest BCUT2D eigenvalue weighted by Crippen LogP contribution is 2.26. The molecule has 114 valence electrons. The van der Waals surface area contributed by atoms with Crippen molar-refractivity contribution in [3.8, 4) is 0 Å². The number of fused-ring (bicyclic) bond motifs is 1. The number of hydrogen-bond donors (Lipinski definition) is 5. The molecule has 10 heteroatoms. The molecule has 2 aromatic rings. The smallest absolute Gasteiger partial charge is 0.313 e. The van der Waals surface area contributed by atoms with Gasteiger partial charge in [0.05, 0.1) is 13.7 Å². The summed E-state index contributed by atoms with van der Waals surface area (Å²) in [5, 5.41) is 29.0. The maximum absolute atomic E-state index is 11.9. The van der Waals surface area contributed by atoms with Crippen molar-refractivity contribution in [2.24, 2.45) is 7.05 Å². The van der Waals surface area contributed by atoms with Gasteiger partial charge < -0.3 is 25.8 Å². The molecular weight excluding hydrogens is 282 g/mol. The molecule has 0 aliphatic carbocycles. The molecule has 0 spiro atoms. The van der Waals surface area contributed by atoms with Gasteiger partial charge >= 0.3 is 5.65 Å². The zero-order chi connectivity index (χ0) is 15.3. The maximum Gasteiger partial charge on any atom is 0.313 e. The van der Waals surface area contributed by atoms with E-state index in [0.29, 0.717) is 0 Å². The van der Waals surface area contributed by atoms with E-state index in [-0.39, 0.29) is 17.1 Å². The first-order chi connectivity index (χ1) is 9.93. The van der Waals surface area contributed by atoms with E-state index in [9.17, 15) is 15.0 Å². The first-order valence-electron chi connectivity index (χ1n) is 6.32. The van der Waals surface area contributed by atoms with Crippen LogP contribution in [0.4, 0.5) is 5.95 Å². The number of ether oxygens (including phenoxy) is 1. The number of aryl methyl sites for hydroxylation is 1. The minimum absolute atomic E-state index is 0.0702. The molecule has 10 nitrogen and oxygen atoms in total. The molecule has 21 heavy (non-hydrogen) atoms. The predicted molar refractivity (Wildman–Crippen MR) is 69.0 cm³/mol. The van der Waals surface area contributed by atoms with Crippen molar-refractivity contribution >= 4 is 17.1 Å². The van der Waals surface area contributed by atoms with Crippen LogP contribution in [0.15, 0.2) is 11.1 Å². The molecule has 0 bridgehead atoms. The molecule has 0 radical (unpaired) electrons. The standard InChI is InChI=1S/C11H15N5O5/c1-15-3-16(8-5(15)9(20)14-11(12)13-8)10-7(19)6(18)4(2-17)21-10/h3-4,6-7,10,17-19H,2H2,1H3,(H2-,12,13,14,20)/p+1/t4-,6+,7?,10-/m1/s1. The van der Waals surface area contributed by atoms with Crippen molar-refractivity contribution in [2.45, 2.75) is 24.5 Å². The zero-order valence-corrected chi connectivity index (χ0v) is 11.2. The molecule has 1 aliphatic heterocycles. The normalized spacial score (nSPS) is 29.3. The van der Waals surface area contributed by atoms with Crippen molar-refractivity contribution < 1.29 is 24.6 Å². The van der Waals surface area contributed by atoms with Crippen LogP contribution in [0, 0.1) is 0 Å². The van der Waals surface area contributed by atoms with Gasteiger partial charge in [-0.3, -0.25) is 14.3 Å². The van der Waals surface area contributed by atoms with Crippen LogP contribution in [-0.2, 0) is 11.8 Å². The lowest BCUT2D eigenvalue weighted by Gasteiger charge is -2.11. The second-order valence-corrected chi connectivity index (χ2v) is 4.99. The number of nitrogens with two attached hydrogens (primary N) is 1. The van der Waals surface area contributed by atoms with E-state index in [4.69, 9.17) is 15.6 Å². The summed E-state index contributed by atoms with van der Waals surface area (Å²) >= 11 is 0. The monoisotopic (exact) mass is 298 g/mol. The van der Waals surface area contributed by atoms with E-state index in [0.717, 1.165) is 0 Å². The molecule has 1 aliphatic rings. The Bertz CT molecular complexity index is 740. The number of aliphatic hydroxyl groups excluding tert-OH is 3. The lowest BCUT2D eigenvalue weighted by Crippen LogP contribution is -2.46. The quantitative estimate of drug-likeness (QED) is 0.365. The second-order valence-electron chi connectivity index (χ2n) is 4.99. The first kappa shape index (κ1) is 13.9. The molecule has 1 unspecified atom stereocenters. The van der Waals surface area contributed by atoms with E-state index in [1.165, 1.54) is 15.5 Å². The highest BCUT2D eigenvalue weighted by atomic mass is 16.6. The molecule has 3 rings (SSSR count). The summed E-state index contributed by atoms with van der Waals surface area (Å²) < 4.78 is 8.35. The van der Waals surface area contributed by atoms with Crippen LogP contribution >= 0.6 is 0 Å². The van der Waals surface area contributed by atoms with Crippen molar-refractivity contribution in [3.05, 3.63) is 16.7 Å². The Hall–Kier alpha value is -2.01. The Morgan fingerprint density at radius 3 is 2.86 bits per heavy atom. The predicted octanol–water partition coefficient (Wildman–Crippen LogP) is -3.26. The fourth-order valence-corrected chi connectivity index (χ4v) is 2.57. The molecule has 0 saturated carbocycles. The van der Waals surface area contributed by atoms with Gasteiger partial charge in [-0.2, -0.15) is 0 Å². The molecule has 2 aromatic heterocycles. The molecule has 1 fully saturated rings. The lowest BCUT2D eigenvalue weighted by molar-refractivity contribution is -0.745. The Morgan fingerprint density at radius 1 is 1.52 bits per heavy atom. The number of nitrogen functional groups attached to an aromatic ring is 1. The van der Waals surface area contributed by atoms with Gasteiger partial charge in [0.2, 0.25) is 11.7 Å². The second kappa shape index (κ2) is 4.77. The SMILES string of the molecule is Cn1c[n+]([C@@H]2O[C@H](CO)[C@H](O)C2O)c2nc(N)[nH]c(=O)c21. The summed E-state index contributed by atoms with van der Waals surface area (Å²) in [6.45, 7) is -0.434. The van der Waals surface area contributed by atoms with Gasteiger partial charge in [-0.15, -0.1) is 0 Å². The van der Waals surface area contributed by atoms with Crippen LogP contribution in [0.1, 0.15) is 6.23 Å². The number of nitrogens with one attached hydrogen (secondary N) is 1. The zero-order valence-electron chi connectivity index (χ0n) is 11.2. The van der Waals surface area contributed by atoms with E-state index in [2.05, 4.69) is 9.97 Å². The Kier molecular flexibility index (Phi) is 3.17. The number of rotatable bonds is 2. The summed E-state index contributed by atoms with van der Waals surface area (Å²) in [6.07, 6.45) is -2.88. The van der Waals surface area contributed by atoms with E-state index in [1.807, 2.05) is 0 Å². The van der Waals surface area contributed by atoms with Crippen molar-refractivity contribution in [3.63, 3.8) is 0 Å². The van der Waals surface area contributed by atoms with Crippen LogP contribution in [0.3, 0.4) is 0 Å². The average molecular weight is 298 g/mol. The molecule has 3 heterocycles. The number of anilines is 1. The number of aromatic nitrogens is 4. The van der Waals surface area contributed by atoms with E-state index >= 15 is 0 Å². The summed E-state index contributed by atoms with van der Waals surface area (Å²) in [4.78, 5) is 18.3. The third-order valence-corrected chi connectivity index (χ3v) is 3.58. The topological polar surface area (TPSA) is 150 Å². The number of nitrogens with zero attached hydrogens (tertiary/aromatic N) is 3. The number of aromatic amines is 1. The summed E-state index contributed by atoms with van der Waals surface area (Å²) in [5.74, 6) is -0.0702. The number of aliphatic hydroxyl groups is 3. The van der Waals surface area contributed by atoms with Gasteiger partial charge in [-0.05, 0) is 0 Å². The molecule has 6 N–H and O–H groups in total. The summed E-state index contributed by atoms with van der Waals surface area (Å²) in [6, 6.07) is 0. The molecule has 1 saturated heterocycles. The van der Waals surface area contributed by atoms with Gasteiger partial charge in [0.1, 0.15) is 18.3 Å². The number of hydrogen-bond acceptors (Lipinski definition) is 7. The van der Waals surface area contributed by atoms with E-state index in [1.54, 1.807) is 7.05 Å². The highest BCUT2D eigenvalue weighted by molar-refractivity contribution is 5.67. The van der Waals surface area contributed by atoms with Gasteiger partial charge in [-0.25, -0.2) is 4.57 Å². The number of imidazole rings is 1. The van der Waals surface area contributed by atoms with Gasteiger partial charge in [-0.1, -0.05) is 4.98 Å². The van der Waals surface area contributed by atoms with Gasteiger partial charge in [0, 0.05) is 0 Å².